The SMILES string of the molecule is Nc1ccc(C(=O)Sc2ccc(O)cc2)cc1. The Bertz CT molecular complexity index is 520. The number of carbonyl (C=O) groups is 1. The number of phenolic OH excluding ortho intramolecular Hbond substituents is 1. The third-order valence-corrected chi connectivity index (χ3v) is 3.12. The van der Waals surface area contributed by atoms with E-state index in [2.05, 4.69) is 0 Å². The molecule has 0 fully saturated rings. The van der Waals surface area contributed by atoms with Gasteiger partial charge in [0, 0.05) is 16.1 Å². The quantitative estimate of drug-likeness (QED) is 0.630. The van der Waals surface area contributed by atoms with Gasteiger partial charge in [0.1, 0.15) is 5.75 Å². The molecule has 0 amide bonds. The fourth-order valence-corrected chi connectivity index (χ4v) is 2.04. The smallest absolute Gasteiger partial charge is 0.224 e. The van der Waals surface area contributed by atoms with Crippen LogP contribution in [0.3, 0.4) is 0 Å². The van der Waals surface area contributed by atoms with Crippen molar-refractivity contribution in [2.24, 2.45) is 0 Å². The fraction of sp³-hybridized carbons (Fsp3) is 0. The molecule has 0 heterocycles. The standard InChI is InChI=1S/C13H11NO2S/c14-10-3-1-9(2-4-10)13(16)17-12-7-5-11(15)6-8-12/h1-8,15H,14H2. The summed E-state index contributed by atoms with van der Waals surface area (Å²) in [7, 11) is 0. The van der Waals surface area contributed by atoms with E-state index in [-0.39, 0.29) is 10.9 Å². The summed E-state index contributed by atoms with van der Waals surface area (Å²) in [6.45, 7) is 0. The van der Waals surface area contributed by atoms with Gasteiger partial charge in [0.05, 0.1) is 0 Å². The topological polar surface area (TPSA) is 63.3 Å². The molecule has 86 valence electrons. The molecule has 0 spiro atoms. The van der Waals surface area contributed by atoms with Gasteiger partial charge in [-0.1, -0.05) is 0 Å². The van der Waals surface area contributed by atoms with Gasteiger partial charge in [-0.2, -0.15) is 0 Å². The van der Waals surface area contributed by atoms with E-state index < -0.39 is 0 Å². The minimum Gasteiger partial charge on any atom is -0.508 e. The number of aromatic hydroxyl groups is 1. The normalized spacial score (nSPS) is 10.1. The van der Waals surface area contributed by atoms with Crippen molar-refractivity contribution in [2.45, 2.75) is 4.90 Å². The van der Waals surface area contributed by atoms with Crippen LogP contribution < -0.4 is 5.73 Å². The number of anilines is 1. The van der Waals surface area contributed by atoms with E-state index in [1.54, 1.807) is 48.5 Å². The first-order chi connectivity index (χ1) is 8.15. The molecular formula is C13H11NO2S. The largest absolute Gasteiger partial charge is 0.508 e. The molecule has 0 saturated carbocycles. The maximum absolute atomic E-state index is 11.9. The molecule has 2 aromatic rings. The van der Waals surface area contributed by atoms with Gasteiger partial charge < -0.3 is 10.8 Å². The zero-order valence-corrected chi connectivity index (χ0v) is 9.78. The Morgan fingerprint density at radius 1 is 1.00 bits per heavy atom. The summed E-state index contributed by atoms with van der Waals surface area (Å²) < 4.78 is 0. The van der Waals surface area contributed by atoms with Crippen LogP contribution in [0.15, 0.2) is 53.4 Å². The highest BCUT2D eigenvalue weighted by molar-refractivity contribution is 8.14. The van der Waals surface area contributed by atoms with Crippen molar-refractivity contribution < 1.29 is 9.90 Å². The Hall–Kier alpha value is -1.94. The van der Waals surface area contributed by atoms with Gasteiger partial charge in [-0.25, -0.2) is 0 Å². The van der Waals surface area contributed by atoms with Crippen LogP contribution in [0.1, 0.15) is 10.4 Å². The molecule has 17 heavy (non-hydrogen) atoms. The predicted octanol–water partition coefficient (Wildman–Crippen LogP) is 2.91. The van der Waals surface area contributed by atoms with Crippen LogP contribution in [-0.2, 0) is 0 Å². The van der Waals surface area contributed by atoms with Crippen molar-refractivity contribution >= 4 is 22.6 Å². The molecule has 2 aromatic carbocycles. The van der Waals surface area contributed by atoms with Crippen molar-refractivity contribution in [3.63, 3.8) is 0 Å². The van der Waals surface area contributed by atoms with Gasteiger partial charge in [0.15, 0.2) is 0 Å². The van der Waals surface area contributed by atoms with E-state index in [1.165, 1.54) is 0 Å². The monoisotopic (exact) mass is 245 g/mol. The summed E-state index contributed by atoms with van der Waals surface area (Å²) in [5.74, 6) is 0.189. The van der Waals surface area contributed by atoms with Crippen LogP contribution in [-0.4, -0.2) is 10.2 Å². The van der Waals surface area contributed by atoms with Crippen molar-refractivity contribution in [3.05, 3.63) is 54.1 Å². The number of carbonyl (C=O) groups excluding carboxylic acids is 1. The maximum Gasteiger partial charge on any atom is 0.224 e. The van der Waals surface area contributed by atoms with E-state index >= 15 is 0 Å². The van der Waals surface area contributed by atoms with E-state index in [9.17, 15) is 4.79 Å². The molecule has 0 aliphatic rings. The highest BCUT2D eigenvalue weighted by atomic mass is 32.2. The number of thioether (sulfide) groups is 1. The number of rotatable bonds is 2. The summed E-state index contributed by atoms with van der Waals surface area (Å²) in [5, 5.41) is 9.08. The van der Waals surface area contributed by atoms with Gasteiger partial charge in [0.25, 0.3) is 0 Å². The second-order valence-corrected chi connectivity index (χ2v) is 4.55. The minimum atomic E-state index is -0.0457. The molecule has 2 rings (SSSR count). The molecule has 0 aliphatic carbocycles. The number of benzene rings is 2. The lowest BCUT2D eigenvalue weighted by molar-refractivity contribution is 0.108. The Balaban J connectivity index is 2.11. The Kier molecular flexibility index (Phi) is 3.35. The first-order valence-corrected chi connectivity index (χ1v) is 5.83. The third kappa shape index (κ3) is 3.01. The van der Waals surface area contributed by atoms with Crippen LogP contribution in [0.5, 0.6) is 5.75 Å². The molecule has 0 aliphatic heterocycles. The van der Waals surface area contributed by atoms with Gasteiger partial charge >= 0.3 is 0 Å². The van der Waals surface area contributed by atoms with Gasteiger partial charge in [-0.15, -0.1) is 0 Å². The summed E-state index contributed by atoms with van der Waals surface area (Å²) >= 11 is 1.12. The number of hydrogen-bond acceptors (Lipinski definition) is 4. The van der Waals surface area contributed by atoms with Crippen LogP contribution in [0.25, 0.3) is 0 Å². The average molecular weight is 245 g/mol. The average Bonchev–Trinajstić information content (AvgIpc) is 2.33. The summed E-state index contributed by atoms with van der Waals surface area (Å²) in [6.07, 6.45) is 0. The summed E-state index contributed by atoms with van der Waals surface area (Å²) in [4.78, 5) is 12.7. The van der Waals surface area contributed by atoms with Crippen LogP contribution in [0.2, 0.25) is 0 Å². The molecule has 3 N–H and O–H groups in total. The predicted molar refractivity (Wildman–Crippen MR) is 69.1 cm³/mol. The number of hydrogen-bond donors (Lipinski definition) is 2. The van der Waals surface area contributed by atoms with Crippen LogP contribution in [0, 0.1) is 0 Å². The molecule has 0 radical (unpaired) electrons. The number of nitrogen functional groups attached to an aromatic ring is 1. The highest BCUT2D eigenvalue weighted by Gasteiger charge is 2.07. The van der Waals surface area contributed by atoms with E-state index in [0.29, 0.717) is 11.3 Å². The first kappa shape index (κ1) is 11.5. The van der Waals surface area contributed by atoms with Gasteiger partial charge in [-0.05, 0) is 60.3 Å². The molecule has 0 unspecified atom stereocenters. The second kappa shape index (κ2) is 4.93. The number of nitrogens with two attached hydrogens (primary N) is 1. The van der Waals surface area contributed by atoms with Crippen molar-refractivity contribution in [1.82, 2.24) is 0 Å². The molecule has 0 saturated heterocycles. The molecule has 3 nitrogen and oxygen atoms in total. The zero-order valence-electron chi connectivity index (χ0n) is 8.96. The van der Waals surface area contributed by atoms with Crippen molar-refractivity contribution in [3.8, 4) is 5.75 Å². The van der Waals surface area contributed by atoms with Crippen molar-refractivity contribution in [1.29, 1.82) is 0 Å². The molecule has 0 bridgehead atoms. The van der Waals surface area contributed by atoms with E-state index in [1.807, 2.05) is 0 Å². The van der Waals surface area contributed by atoms with Crippen LogP contribution in [0.4, 0.5) is 5.69 Å². The Morgan fingerprint density at radius 2 is 1.59 bits per heavy atom. The Labute approximate surface area is 103 Å². The number of phenols is 1. The highest BCUT2D eigenvalue weighted by Crippen LogP contribution is 2.24. The third-order valence-electron chi connectivity index (χ3n) is 2.19. The van der Waals surface area contributed by atoms with E-state index in [4.69, 9.17) is 10.8 Å². The fourth-order valence-electron chi connectivity index (χ4n) is 1.30. The first-order valence-electron chi connectivity index (χ1n) is 5.02. The van der Waals surface area contributed by atoms with Crippen molar-refractivity contribution in [2.75, 3.05) is 5.73 Å². The summed E-state index contributed by atoms with van der Waals surface area (Å²) in [5.41, 5.74) is 6.79. The maximum atomic E-state index is 11.9. The minimum absolute atomic E-state index is 0.0457. The van der Waals surface area contributed by atoms with E-state index in [0.717, 1.165) is 16.7 Å². The van der Waals surface area contributed by atoms with Gasteiger partial charge in [0.2, 0.25) is 5.12 Å². The lowest BCUT2D eigenvalue weighted by Gasteiger charge is -2.01. The zero-order chi connectivity index (χ0) is 12.3. The Morgan fingerprint density at radius 3 is 2.18 bits per heavy atom. The second-order valence-electron chi connectivity index (χ2n) is 3.51. The van der Waals surface area contributed by atoms with Gasteiger partial charge in [-0.3, -0.25) is 4.79 Å². The lowest BCUT2D eigenvalue weighted by Crippen LogP contribution is -1.93. The molecule has 0 atom stereocenters. The molecular weight excluding hydrogens is 234 g/mol. The molecule has 0 aromatic heterocycles. The van der Waals surface area contributed by atoms with Crippen LogP contribution >= 0.6 is 11.8 Å². The lowest BCUT2D eigenvalue weighted by atomic mass is 10.2. The molecule has 4 heteroatoms. The summed E-state index contributed by atoms with van der Waals surface area (Å²) in [6, 6.07) is 13.3.